The number of ether oxygens (including phenoxy) is 1. The highest BCUT2D eigenvalue weighted by Crippen LogP contribution is 2.32. The molecule has 0 aliphatic carbocycles. The maximum atomic E-state index is 9.38. The van der Waals surface area contributed by atoms with Gasteiger partial charge in [0.25, 0.3) is 0 Å². The van der Waals surface area contributed by atoms with Gasteiger partial charge < -0.3 is 9.84 Å². The molecule has 2 nitrogen and oxygen atoms in total. The summed E-state index contributed by atoms with van der Waals surface area (Å²) in [5, 5.41) is 9.38. The van der Waals surface area contributed by atoms with Gasteiger partial charge in [-0.2, -0.15) is 0 Å². The van der Waals surface area contributed by atoms with Crippen LogP contribution >= 0.6 is 15.9 Å². The molecule has 0 heterocycles. The van der Waals surface area contributed by atoms with Crippen molar-refractivity contribution in [2.45, 2.75) is 6.42 Å². The second-order valence-corrected chi connectivity index (χ2v) is 3.35. The third-order valence-corrected chi connectivity index (χ3v) is 2.38. The first kappa shape index (κ1) is 9.94. The van der Waals surface area contributed by atoms with Crippen molar-refractivity contribution in [1.29, 1.82) is 0 Å². The van der Waals surface area contributed by atoms with Gasteiger partial charge in [0.05, 0.1) is 7.11 Å². The maximum Gasteiger partial charge on any atom is 0.160 e. The van der Waals surface area contributed by atoms with E-state index in [4.69, 9.17) is 11.2 Å². The van der Waals surface area contributed by atoms with Crippen molar-refractivity contribution in [3.63, 3.8) is 0 Å². The molecule has 0 aromatic heterocycles. The average molecular weight is 241 g/mol. The van der Waals surface area contributed by atoms with Crippen molar-refractivity contribution >= 4 is 15.9 Å². The summed E-state index contributed by atoms with van der Waals surface area (Å²) >= 11 is 3.30. The highest BCUT2D eigenvalue weighted by Gasteiger charge is 2.06. The minimum absolute atomic E-state index is 0.107. The van der Waals surface area contributed by atoms with Gasteiger partial charge in [-0.25, -0.2) is 0 Å². The lowest BCUT2D eigenvalue weighted by Crippen LogP contribution is -1.89. The molecule has 0 fully saturated rings. The van der Waals surface area contributed by atoms with Crippen molar-refractivity contribution < 1.29 is 9.84 Å². The fourth-order valence-electron chi connectivity index (χ4n) is 0.994. The average Bonchev–Trinajstić information content (AvgIpc) is 2.10. The molecule has 0 spiro atoms. The first-order chi connectivity index (χ1) is 6.19. The number of hydrogen-bond acceptors (Lipinski definition) is 2. The smallest absolute Gasteiger partial charge is 0.160 e. The van der Waals surface area contributed by atoms with Crippen molar-refractivity contribution in [3.05, 3.63) is 22.2 Å². The third kappa shape index (κ3) is 2.16. The molecule has 13 heavy (non-hydrogen) atoms. The van der Waals surface area contributed by atoms with E-state index in [1.807, 2.05) is 0 Å². The van der Waals surface area contributed by atoms with Gasteiger partial charge in [0.1, 0.15) is 0 Å². The Balaban J connectivity index is 3.16. The van der Waals surface area contributed by atoms with Gasteiger partial charge >= 0.3 is 0 Å². The molecular weight excluding hydrogens is 232 g/mol. The number of methoxy groups -OCH3 is 1. The number of aromatic hydroxyl groups is 1. The van der Waals surface area contributed by atoms with Crippen molar-refractivity contribution in [1.82, 2.24) is 0 Å². The van der Waals surface area contributed by atoms with E-state index in [0.717, 1.165) is 10.0 Å². The van der Waals surface area contributed by atoms with Crippen LogP contribution in [0.15, 0.2) is 16.6 Å². The predicted octanol–water partition coefficient (Wildman–Crippen LogP) is 2.34. The van der Waals surface area contributed by atoms with Crippen molar-refractivity contribution in [3.8, 4) is 23.8 Å². The molecule has 0 saturated heterocycles. The third-order valence-electron chi connectivity index (χ3n) is 1.64. The van der Waals surface area contributed by atoms with Crippen LogP contribution in [0.3, 0.4) is 0 Å². The van der Waals surface area contributed by atoms with Gasteiger partial charge in [-0.15, -0.1) is 12.3 Å². The Morgan fingerprint density at radius 3 is 2.85 bits per heavy atom. The van der Waals surface area contributed by atoms with Crippen molar-refractivity contribution in [2.75, 3.05) is 7.11 Å². The van der Waals surface area contributed by atoms with Gasteiger partial charge in [-0.05, 0) is 17.7 Å². The maximum absolute atomic E-state index is 9.38. The SMILES string of the molecule is C#CCc1cc(OC)c(O)cc1Br. The molecule has 1 aromatic rings. The van der Waals surface area contributed by atoms with E-state index in [1.54, 1.807) is 12.1 Å². The highest BCUT2D eigenvalue weighted by atomic mass is 79.9. The minimum Gasteiger partial charge on any atom is -0.504 e. The van der Waals surface area contributed by atoms with Gasteiger partial charge in [0, 0.05) is 10.9 Å². The first-order valence-electron chi connectivity index (χ1n) is 3.68. The molecule has 68 valence electrons. The van der Waals surface area contributed by atoms with E-state index < -0.39 is 0 Å². The number of rotatable bonds is 2. The Morgan fingerprint density at radius 1 is 1.62 bits per heavy atom. The molecule has 0 unspecified atom stereocenters. The molecule has 0 bridgehead atoms. The van der Waals surface area contributed by atoms with Crippen LogP contribution in [0.25, 0.3) is 0 Å². The number of benzene rings is 1. The lowest BCUT2D eigenvalue weighted by atomic mass is 10.1. The Bertz CT molecular complexity index is 353. The van der Waals surface area contributed by atoms with Crippen LogP contribution in [0, 0.1) is 12.3 Å². The molecular formula is C10H9BrO2. The molecule has 3 heteroatoms. The van der Waals surface area contributed by atoms with Crippen LogP contribution < -0.4 is 4.74 Å². The summed E-state index contributed by atoms with van der Waals surface area (Å²) in [4.78, 5) is 0. The second kappa shape index (κ2) is 4.20. The highest BCUT2D eigenvalue weighted by molar-refractivity contribution is 9.10. The van der Waals surface area contributed by atoms with Crippen LogP contribution in [0.1, 0.15) is 5.56 Å². The predicted molar refractivity (Wildman–Crippen MR) is 54.9 cm³/mol. The van der Waals surface area contributed by atoms with E-state index in [2.05, 4.69) is 21.9 Å². The van der Waals surface area contributed by atoms with Gasteiger partial charge in [-0.1, -0.05) is 15.9 Å². The summed E-state index contributed by atoms with van der Waals surface area (Å²) in [7, 11) is 1.50. The van der Waals surface area contributed by atoms with Crippen LogP contribution in [0.4, 0.5) is 0 Å². The summed E-state index contributed by atoms with van der Waals surface area (Å²) in [6.45, 7) is 0. The van der Waals surface area contributed by atoms with Crippen LogP contribution in [0.2, 0.25) is 0 Å². The quantitative estimate of drug-likeness (QED) is 0.805. The van der Waals surface area contributed by atoms with Crippen LogP contribution in [0.5, 0.6) is 11.5 Å². The number of halogens is 1. The molecule has 0 atom stereocenters. The zero-order chi connectivity index (χ0) is 9.84. The number of phenols is 1. The molecule has 1 aromatic carbocycles. The standard InChI is InChI=1S/C10H9BrO2/c1-3-4-7-5-10(13-2)9(12)6-8(7)11/h1,5-6,12H,4H2,2H3. The summed E-state index contributed by atoms with van der Waals surface area (Å²) in [5.74, 6) is 3.07. The zero-order valence-corrected chi connectivity index (χ0v) is 8.76. The molecule has 0 aliphatic rings. The monoisotopic (exact) mass is 240 g/mol. The number of phenolic OH excluding ortho intramolecular Hbond substituents is 1. The van der Waals surface area contributed by atoms with Crippen molar-refractivity contribution in [2.24, 2.45) is 0 Å². The van der Waals surface area contributed by atoms with Crippen LogP contribution in [-0.4, -0.2) is 12.2 Å². The van der Waals surface area contributed by atoms with E-state index in [0.29, 0.717) is 12.2 Å². The molecule has 0 aliphatic heterocycles. The van der Waals surface area contributed by atoms with E-state index >= 15 is 0 Å². The molecule has 1 N–H and O–H groups in total. The largest absolute Gasteiger partial charge is 0.504 e. The second-order valence-electron chi connectivity index (χ2n) is 2.50. The number of terminal acetylenes is 1. The van der Waals surface area contributed by atoms with Gasteiger partial charge in [0.2, 0.25) is 0 Å². The van der Waals surface area contributed by atoms with Gasteiger partial charge in [-0.3, -0.25) is 0 Å². The van der Waals surface area contributed by atoms with E-state index in [1.165, 1.54) is 7.11 Å². The summed E-state index contributed by atoms with van der Waals surface area (Å²) in [6.07, 6.45) is 5.70. The Morgan fingerprint density at radius 2 is 2.31 bits per heavy atom. The van der Waals surface area contributed by atoms with E-state index in [-0.39, 0.29) is 5.75 Å². The molecule has 0 saturated carbocycles. The normalized spacial score (nSPS) is 9.31. The Labute approximate surface area is 85.7 Å². The Kier molecular flexibility index (Phi) is 3.21. The van der Waals surface area contributed by atoms with Gasteiger partial charge in [0.15, 0.2) is 11.5 Å². The lowest BCUT2D eigenvalue weighted by molar-refractivity contribution is 0.373. The minimum atomic E-state index is 0.107. The first-order valence-corrected chi connectivity index (χ1v) is 4.47. The lowest BCUT2D eigenvalue weighted by Gasteiger charge is -2.06. The summed E-state index contributed by atoms with van der Waals surface area (Å²) in [5.41, 5.74) is 0.928. The summed E-state index contributed by atoms with van der Waals surface area (Å²) < 4.78 is 5.74. The van der Waals surface area contributed by atoms with E-state index in [9.17, 15) is 5.11 Å². The molecule has 0 radical (unpaired) electrons. The topological polar surface area (TPSA) is 29.5 Å². The molecule has 1 rings (SSSR count). The van der Waals surface area contributed by atoms with Crippen LogP contribution in [-0.2, 0) is 6.42 Å². The fraction of sp³-hybridized carbons (Fsp3) is 0.200. The zero-order valence-electron chi connectivity index (χ0n) is 7.17. The Hall–Kier alpha value is -1.14. The number of hydrogen-bond donors (Lipinski definition) is 1. The fourth-order valence-corrected chi connectivity index (χ4v) is 1.47. The molecule has 0 amide bonds. The summed E-state index contributed by atoms with van der Waals surface area (Å²) in [6, 6.07) is 3.30.